The first-order valence-corrected chi connectivity index (χ1v) is 24.9. The van der Waals surface area contributed by atoms with Gasteiger partial charge in [0.1, 0.15) is 13.2 Å². The zero-order chi connectivity index (χ0) is 41.0. The molecular weight excluding hydrogens is 697 g/mol. The summed E-state index contributed by atoms with van der Waals surface area (Å²) in [4.78, 5) is 37.7. The number of carbonyl (C=O) groups is 3. The summed E-state index contributed by atoms with van der Waals surface area (Å²) in [6.45, 7) is 9.00. The summed E-state index contributed by atoms with van der Waals surface area (Å²) in [5.74, 6) is 0.00121. The van der Waals surface area contributed by atoms with Crippen LogP contribution in [-0.2, 0) is 28.6 Å². The van der Waals surface area contributed by atoms with Gasteiger partial charge in [0.25, 0.3) is 0 Å². The van der Waals surface area contributed by atoms with Crippen molar-refractivity contribution in [3.05, 3.63) is 0 Å². The van der Waals surface area contributed by atoms with E-state index in [-0.39, 0.29) is 31.1 Å². The molecule has 0 saturated carbocycles. The molecule has 332 valence electrons. The van der Waals surface area contributed by atoms with Crippen LogP contribution in [0.5, 0.6) is 0 Å². The number of unbranched alkanes of at least 4 members (excludes halogenated alkanes) is 32. The molecule has 0 fully saturated rings. The van der Waals surface area contributed by atoms with E-state index in [9.17, 15) is 14.4 Å². The summed E-state index contributed by atoms with van der Waals surface area (Å²) in [5.41, 5.74) is 0. The molecule has 0 bridgehead atoms. The average molecular weight is 793 g/mol. The molecular formula is C50H96O6. The van der Waals surface area contributed by atoms with Gasteiger partial charge in [-0.25, -0.2) is 0 Å². The third kappa shape index (κ3) is 43.5. The Labute approximate surface area is 348 Å². The van der Waals surface area contributed by atoms with Crippen LogP contribution < -0.4 is 0 Å². The molecule has 0 aliphatic carbocycles. The molecule has 0 saturated heterocycles. The van der Waals surface area contributed by atoms with E-state index in [1.54, 1.807) is 0 Å². The standard InChI is InChI=1S/C50H96O6/c1-5-7-9-11-13-15-26-31-35-39-43-50(53)56-47(44-54-48(51)41-37-33-29-24-14-12-10-8-6-2)45-55-49(52)42-38-34-30-27-23-21-19-17-16-18-20-22-25-28-32-36-40-46(3)4/h46-47H,5-45H2,1-4H3/t47-/m0/s1. The molecule has 0 aliphatic rings. The van der Waals surface area contributed by atoms with Crippen molar-refractivity contribution >= 4 is 17.9 Å². The first-order chi connectivity index (χ1) is 27.4. The van der Waals surface area contributed by atoms with Gasteiger partial charge in [-0.15, -0.1) is 0 Å². The predicted molar refractivity (Wildman–Crippen MR) is 238 cm³/mol. The van der Waals surface area contributed by atoms with Crippen molar-refractivity contribution in [2.75, 3.05) is 13.2 Å². The predicted octanol–water partition coefficient (Wildman–Crippen LogP) is 15.9. The van der Waals surface area contributed by atoms with Crippen LogP contribution in [0.3, 0.4) is 0 Å². The fourth-order valence-electron chi connectivity index (χ4n) is 7.51. The lowest BCUT2D eigenvalue weighted by atomic mass is 10.0. The number of carbonyl (C=O) groups excluding carboxylic acids is 3. The Morgan fingerprint density at radius 3 is 0.875 bits per heavy atom. The molecule has 0 heterocycles. The third-order valence-electron chi connectivity index (χ3n) is 11.3. The molecule has 0 rings (SSSR count). The molecule has 0 N–H and O–H groups in total. The topological polar surface area (TPSA) is 78.9 Å². The zero-order valence-electron chi connectivity index (χ0n) is 38.1. The number of hydrogen-bond acceptors (Lipinski definition) is 6. The van der Waals surface area contributed by atoms with Crippen LogP contribution in [-0.4, -0.2) is 37.2 Å². The minimum atomic E-state index is -0.758. The van der Waals surface area contributed by atoms with Crippen LogP contribution >= 0.6 is 0 Å². The highest BCUT2D eigenvalue weighted by Crippen LogP contribution is 2.17. The van der Waals surface area contributed by atoms with Crippen molar-refractivity contribution in [3.63, 3.8) is 0 Å². The van der Waals surface area contributed by atoms with Gasteiger partial charge >= 0.3 is 17.9 Å². The van der Waals surface area contributed by atoms with Gasteiger partial charge in [0.05, 0.1) is 0 Å². The van der Waals surface area contributed by atoms with E-state index in [0.29, 0.717) is 19.3 Å². The highest BCUT2D eigenvalue weighted by atomic mass is 16.6. The van der Waals surface area contributed by atoms with E-state index in [1.807, 2.05) is 0 Å². The van der Waals surface area contributed by atoms with Gasteiger partial charge in [0.2, 0.25) is 0 Å². The number of esters is 3. The summed E-state index contributed by atoms with van der Waals surface area (Å²) in [7, 11) is 0. The van der Waals surface area contributed by atoms with Gasteiger partial charge in [-0.05, 0) is 25.2 Å². The molecule has 56 heavy (non-hydrogen) atoms. The second-order valence-corrected chi connectivity index (χ2v) is 17.6. The quantitative estimate of drug-likeness (QED) is 0.0347. The lowest BCUT2D eigenvalue weighted by molar-refractivity contribution is -0.167. The van der Waals surface area contributed by atoms with Crippen molar-refractivity contribution in [1.29, 1.82) is 0 Å². The SMILES string of the molecule is CCCCCCCCCCCCC(=O)O[C@@H](COC(=O)CCCCCCCCCCC)COC(=O)CCCCCCCCCCCCCCCCCCC(C)C. The summed E-state index contributed by atoms with van der Waals surface area (Å²) in [6, 6.07) is 0. The van der Waals surface area contributed by atoms with Gasteiger partial charge in [0.15, 0.2) is 6.10 Å². The molecule has 0 aliphatic heterocycles. The van der Waals surface area contributed by atoms with Crippen molar-refractivity contribution in [1.82, 2.24) is 0 Å². The fourth-order valence-corrected chi connectivity index (χ4v) is 7.51. The van der Waals surface area contributed by atoms with E-state index < -0.39 is 6.10 Å². The van der Waals surface area contributed by atoms with Gasteiger partial charge in [-0.2, -0.15) is 0 Å². The largest absolute Gasteiger partial charge is 0.462 e. The molecule has 6 heteroatoms. The van der Waals surface area contributed by atoms with Crippen LogP contribution in [0.2, 0.25) is 0 Å². The minimum Gasteiger partial charge on any atom is -0.462 e. The lowest BCUT2D eigenvalue weighted by Gasteiger charge is -2.18. The Morgan fingerprint density at radius 2 is 0.589 bits per heavy atom. The minimum absolute atomic E-state index is 0.0631. The number of rotatable bonds is 45. The summed E-state index contributed by atoms with van der Waals surface area (Å²) < 4.78 is 16.7. The van der Waals surface area contributed by atoms with Crippen LogP contribution in [0.4, 0.5) is 0 Å². The molecule has 0 unspecified atom stereocenters. The van der Waals surface area contributed by atoms with Gasteiger partial charge in [-0.3, -0.25) is 14.4 Å². The van der Waals surface area contributed by atoms with Crippen LogP contribution in [0.15, 0.2) is 0 Å². The van der Waals surface area contributed by atoms with E-state index in [2.05, 4.69) is 27.7 Å². The van der Waals surface area contributed by atoms with Crippen molar-refractivity contribution in [2.24, 2.45) is 5.92 Å². The maximum atomic E-state index is 12.7. The summed E-state index contributed by atoms with van der Waals surface area (Å²) in [5, 5.41) is 0. The monoisotopic (exact) mass is 793 g/mol. The Balaban J connectivity index is 4.18. The Kier molecular flexibility index (Phi) is 43.2. The molecule has 0 aromatic rings. The van der Waals surface area contributed by atoms with Crippen LogP contribution in [0.25, 0.3) is 0 Å². The maximum absolute atomic E-state index is 12.7. The second-order valence-electron chi connectivity index (χ2n) is 17.6. The van der Waals surface area contributed by atoms with E-state index in [1.165, 1.54) is 173 Å². The highest BCUT2D eigenvalue weighted by molar-refractivity contribution is 5.71. The number of ether oxygens (including phenoxy) is 3. The van der Waals surface area contributed by atoms with Gasteiger partial charge in [-0.1, -0.05) is 240 Å². The average Bonchev–Trinajstić information content (AvgIpc) is 3.18. The zero-order valence-corrected chi connectivity index (χ0v) is 38.1. The Bertz CT molecular complexity index is 841. The molecule has 0 radical (unpaired) electrons. The smallest absolute Gasteiger partial charge is 0.306 e. The summed E-state index contributed by atoms with van der Waals surface area (Å²) in [6.07, 6.45) is 45.2. The van der Waals surface area contributed by atoms with Crippen molar-refractivity contribution in [2.45, 2.75) is 284 Å². The molecule has 0 aromatic carbocycles. The van der Waals surface area contributed by atoms with Crippen molar-refractivity contribution in [3.8, 4) is 0 Å². The van der Waals surface area contributed by atoms with Crippen molar-refractivity contribution < 1.29 is 28.6 Å². The highest BCUT2D eigenvalue weighted by Gasteiger charge is 2.19. The number of hydrogen-bond donors (Lipinski definition) is 0. The normalized spacial score (nSPS) is 11.9. The van der Waals surface area contributed by atoms with E-state index >= 15 is 0 Å². The molecule has 6 nitrogen and oxygen atoms in total. The lowest BCUT2D eigenvalue weighted by Crippen LogP contribution is -2.30. The van der Waals surface area contributed by atoms with Gasteiger partial charge < -0.3 is 14.2 Å². The summed E-state index contributed by atoms with van der Waals surface area (Å²) >= 11 is 0. The Hall–Kier alpha value is -1.59. The molecule has 1 atom stereocenters. The van der Waals surface area contributed by atoms with E-state index in [0.717, 1.165) is 63.7 Å². The van der Waals surface area contributed by atoms with Crippen LogP contribution in [0.1, 0.15) is 278 Å². The van der Waals surface area contributed by atoms with E-state index in [4.69, 9.17) is 14.2 Å². The molecule has 0 aromatic heterocycles. The molecule has 0 amide bonds. The van der Waals surface area contributed by atoms with Crippen LogP contribution in [0, 0.1) is 5.92 Å². The third-order valence-corrected chi connectivity index (χ3v) is 11.3. The maximum Gasteiger partial charge on any atom is 0.306 e. The fraction of sp³-hybridized carbons (Fsp3) is 0.940. The first kappa shape index (κ1) is 54.4. The Morgan fingerprint density at radius 1 is 0.339 bits per heavy atom. The molecule has 0 spiro atoms. The first-order valence-electron chi connectivity index (χ1n) is 24.9. The second kappa shape index (κ2) is 44.5. The van der Waals surface area contributed by atoms with Gasteiger partial charge in [0, 0.05) is 19.3 Å².